The fraction of sp³-hybridized carbons (Fsp3) is 0.643. The second kappa shape index (κ2) is 4.97. The maximum Gasteiger partial charge on any atom is 0.214 e. The van der Waals surface area contributed by atoms with Crippen molar-refractivity contribution in [3.63, 3.8) is 0 Å². The van der Waals surface area contributed by atoms with Crippen LogP contribution in [-0.2, 0) is 5.41 Å². The minimum atomic E-state index is 0.0314. The lowest BCUT2D eigenvalue weighted by molar-refractivity contribution is 0.190. The van der Waals surface area contributed by atoms with Gasteiger partial charge in [0, 0.05) is 16.0 Å². The maximum atomic E-state index is 5.75. The molecule has 0 saturated carbocycles. The number of nitrogens with zero attached hydrogens (tertiary/aromatic N) is 1. The molecule has 0 aliphatic rings. The first-order valence-electron chi connectivity index (χ1n) is 5.89. The number of pyridine rings is 1. The van der Waals surface area contributed by atoms with E-state index in [0.29, 0.717) is 12.5 Å². The number of rotatable bonds is 2. The number of hydrogen-bond donors (Lipinski definition) is 0. The summed E-state index contributed by atoms with van der Waals surface area (Å²) in [6.45, 7) is 13.6. The standard InChI is InChI=1S/C14H22BrNO/c1-13(2,3)9-17-12-8-10(15)7-11(16-12)14(4,5)6/h7-8H,9H2,1-6H3. The summed E-state index contributed by atoms with van der Waals surface area (Å²) in [7, 11) is 0. The Bertz CT molecular complexity index is 388. The van der Waals surface area contributed by atoms with Crippen LogP contribution in [0, 0.1) is 5.41 Å². The van der Waals surface area contributed by atoms with Crippen molar-refractivity contribution in [1.82, 2.24) is 4.98 Å². The average molecular weight is 300 g/mol. The lowest BCUT2D eigenvalue weighted by Crippen LogP contribution is -2.19. The SMILES string of the molecule is CC(C)(C)COc1cc(Br)cc(C(C)(C)C)n1. The third kappa shape index (κ3) is 5.07. The fourth-order valence-corrected chi connectivity index (χ4v) is 1.63. The van der Waals surface area contributed by atoms with E-state index in [1.54, 1.807) is 0 Å². The fourth-order valence-electron chi connectivity index (χ4n) is 1.22. The molecule has 0 aromatic carbocycles. The highest BCUT2D eigenvalue weighted by Crippen LogP contribution is 2.27. The van der Waals surface area contributed by atoms with Crippen LogP contribution in [0.25, 0.3) is 0 Å². The quantitative estimate of drug-likeness (QED) is 0.798. The van der Waals surface area contributed by atoms with Gasteiger partial charge in [-0.2, -0.15) is 0 Å². The Labute approximate surface area is 113 Å². The van der Waals surface area contributed by atoms with Gasteiger partial charge in [0.05, 0.1) is 12.3 Å². The zero-order valence-electron chi connectivity index (χ0n) is 11.6. The van der Waals surface area contributed by atoms with E-state index in [1.165, 1.54) is 0 Å². The lowest BCUT2D eigenvalue weighted by Gasteiger charge is -2.21. The maximum absolute atomic E-state index is 5.75. The van der Waals surface area contributed by atoms with Gasteiger partial charge in [0.1, 0.15) is 0 Å². The molecule has 17 heavy (non-hydrogen) atoms. The Kier molecular flexibility index (Phi) is 4.23. The zero-order valence-corrected chi connectivity index (χ0v) is 13.2. The molecule has 1 aromatic rings. The van der Waals surface area contributed by atoms with E-state index in [4.69, 9.17) is 4.74 Å². The molecule has 0 saturated heterocycles. The van der Waals surface area contributed by atoms with E-state index in [0.717, 1.165) is 10.2 Å². The van der Waals surface area contributed by atoms with E-state index >= 15 is 0 Å². The van der Waals surface area contributed by atoms with Crippen LogP contribution in [0.4, 0.5) is 0 Å². The van der Waals surface area contributed by atoms with Gasteiger partial charge in [0.25, 0.3) is 0 Å². The summed E-state index contributed by atoms with van der Waals surface area (Å²) >= 11 is 3.51. The molecular formula is C14H22BrNO. The Morgan fingerprint density at radius 1 is 1.12 bits per heavy atom. The van der Waals surface area contributed by atoms with E-state index < -0.39 is 0 Å². The summed E-state index contributed by atoms with van der Waals surface area (Å²) < 4.78 is 6.76. The van der Waals surface area contributed by atoms with Gasteiger partial charge in [-0.1, -0.05) is 57.5 Å². The minimum absolute atomic E-state index is 0.0314. The molecule has 3 heteroatoms. The van der Waals surface area contributed by atoms with Crippen molar-refractivity contribution in [2.75, 3.05) is 6.61 Å². The smallest absolute Gasteiger partial charge is 0.214 e. The van der Waals surface area contributed by atoms with Crippen molar-refractivity contribution in [2.24, 2.45) is 5.41 Å². The van der Waals surface area contributed by atoms with Crippen molar-refractivity contribution in [3.05, 3.63) is 22.3 Å². The van der Waals surface area contributed by atoms with Gasteiger partial charge >= 0.3 is 0 Å². The normalized spacial score (nSPS) is 12.6. The molecule has 96 valence electrons. The summed E-state index contributed by atoms with van der Waals surface area (Å²) in [5.74, 6) is 0.694. The van der Waals surface area contributed by atoms with Gasteiger partial charge in [-0.15, -0.1) is 0 Å². The van der Waals surface area contributed by atoms with Crippen LogP contribution in [0.3, 0.4) is 0 Å². The van der Waals surface area contributed by atoms with Crippen molar-refractivity contribution < 1.29 is 4.74 Å². The van der Waals surface area contributed by atoms with Gasteiger partial charge in [-0.3, -0.25) is 0 Å². The molecule has 0 unspecified atom stereocenters. The Morgan fingerprint density at radius 2 is 1.71 bits per heavy atom. The van der Waals surface area contributed by atoms with Crippen LogP contribution < -0.4 is 4.74 Å². The number of aromatic nitrogens is 1. The predicted octanol–water partition coefficient (Wildman–Crippen LogP) is 4.57. The molecule has 0 atom stereocenters. The molecule has 1 aromatic heterocycles. The van der Waals surface area contributed by atoms with Gasteiger partial charge in [0.15, 0.2) is 0 Å². The third-order valence-corrected chi connectivity index (χ3v) is 2.65. The first-order valence-corrected chi connectivity index (χ1v) is 6.68. The molecule has 0 radical (unpaired) electrons. The summed E-state index contributed by atoms with van der Waals surface area (Å²) in [5.41, 5.74) is 1.21. The van der Waals surface area contributed by atoms with Gasteiger partial charge < -0.3 is 4.74 Å². The molecule has 0 bridgehead atoms. The Morgan fingerprint density at radius 3 is 2.18 bits per heavy atom. The van der Waals surface area contributed by atoms with Crippen LogP contribution in [0.5, 0.6) is 5.88 Å². The van der Waals surface area contributed by atoms with E-state index in [9.17, 15) is 0 Å². The second-order valence-corrected chi connectivity index (χ2v) is 7.52. The van der Waals surface area contributed by atoms with Crippen molar-refractivity contribution in [1.29, 1.82) is 0 Å². The van der Waals surface area contributed by atoms with Crippen LogP contribution in [-0.4, -0.2) is 11.6 Å². The van der Waals surface area contributed by atoms with Crippen molar-refractivity contribution in [2.45, 2.75) is 47.0 Å². The van der Waals surface area contributed by atoms with Gasteiger partial charge in [-0.05, 0) is 11.5 Å². The molecule has 0 amide bonds. The van der Waals surface area contributed by atoms with E-state index in [2.05, 4.69) is 62.5 Å². The molecular weight excluding hydrogens is 278 g/mol. The number of hydrogen-bond acceptors (Lipinski definition) is 2. The number of ether oxygens (including phenoxy) is 1. The highest BCUT2D eigenvalue weighted by atomic mass is 79.9. The summed E-state index contributed by atoms with van der Waals surface area (Å²) in [6, 6.07) is 3.96. The second-order valence-electron chi connectivity index (χ2n) is 6.61. The summed E-state index contributed by atoms with van der Waals surface area (Å²) in [4.78, 5) is 4.56. The minimum Gasteiger partial charge on any atom is -0.477 e. The molecule has 1 rings (SSSR count). The molecule has 1 heterocycles. The first-order chi connectivity index (χ1) is 7.58. The topological polar surface area (TPSA) is 22.1 Å². The molecule has 0 N–H and O–H groups in total. The molecule has 2 nitrogen and oxygen atoms in total. The average Bonchev–Trinajstić information content (AvgIpc) is 2.11. The highest BCUT2D eigenvalue weighted by Gasteiger charge is 2.18. The van der Waals surface area contributed by atoms with Crippen molar-refractivity contribution >= 4 is 15.9 Å². The van der Waals surface area contributed by atoms with Crippen LogP contribution >= 0.6 is 15.9 Å². The monoisotopic (exact) mass is 299 g/mol. The van der Waals surface area contributed by atoms with E-state index in [1.807, 2.05) is 12.1 Å². The third-order valence-electron chi connectivity index (χ3n) is 2.19. The highest BCUT2D eigenvalue weighted by molar-refractivity contribution is 9.10. The van der Waals surface area contributed by atoms with Gasteiger partial charge in [0.2, 0.25) is 5.88 Å². The first kappa shape index (κ1) is 14.5. The zero-order chi connectivity index (χ0) is 13.3. The van der Waals surface area contributed by atoms with Crippen LogP contribution in [0.1, 0.15) is 47.2 Å². The van der Waals surface area contributed by atoms with Crippen molar-refractivity contribution in [3.8, 4) is 5.88 Å². The van der Waals surface area contributed by atoms with Crippen LogP contribution in [0.15, 0.2) is 16.6 Å². The summed E-state index contributed by atoms with van der Waals surface area (Å²) in [5, 5.41) is 0. The summed E-state index contributed by atoms with van der Waals surface area (Å²) in [6.07, 6.45) is 0. The van der Waals surface area contributed by atoms with Gasteiger partial charge in [-0.25, -0.2) is 4.98 Å². The predicted molar refractivity (Wildman–Crippen MR) is 75.6 cm³/mol. The Balaban J connectivity index is 2.91. The largest absolute Gasteiger partial charge is 0.477 e. The molecule has 0 fully saturated rings. The lowest BCUT2D eigenvalue weighted by atomic mass is 9.92. The van der Waals surface area contributed by atoms with E-state index in [-0.39, 0.29) is 10.8 Å². The molecule has 0 spiro atoms. The molecule has 0 aliphatic heterocycles. The molecule has 0 aliphatic carbocycles. The number of halogens is 1. The van der Waals surface area contributed by atoms with Crippen LogP contribution in [0.2, 0.25) is 0 Å². The Hall–Kier alpha value is -0.570.